The van der Waals surface area contributed by atoms with Crippen molar-refractivity contribution in [2.24, 2.45) is 5.73 Å². The van der Waals surface area contributed by atoms with Crippen molar-refractivity contribution in [2.75, 3.05) is 11.9 Å². The second-order valence-corrected chi connectivity index (χ2v) is 6.64. The van der Waals surface area contributed by atoms with E-state index in [0.29, 0.717) is 34.2 Å². The minimum absolute atomic E-state index is 0.198. The highest BCUT2D eigenvalue weighted by Crippen LogP contribution is 2.26. The third-order valence-electron chi connectivity index (χ3n) is 4.48. The first kappa shape index (κ1) is 19.8. The Bertz CT molecular complexity index is 1200. The lowest BCUT2D eigenvalue weighted by atomic mass is 10.1. The molecule has 8 nitrogen and oxygen atoms in total. The second-order valence-electron chi connectivity index (χ2n) is 6.64. The Balaban J connectivity index is 1.44. The van der Waals surface area contributed by atoms with Gasteiger partial charge in [0.05, 0.1) is 5.69 Å². The maximum Gasteiger partial charge on any atom is 0.262 e. The summed E-state index contributed by atoms with van der Waals surface area (Å²) >= 11 is 0. The van der Waals surface area contributed by atoms with Gasteiger partial charge >= 0.3 is 0 Å². The highest BCUT2D eigenvalue weighted by molar-refractivity contribution is 5.96. The Labute approximate surface area is 178 Å². The minimum Gasteiger partial charge on any atom is -0.484 e. The van der Waals surface area contributed by atoms with E-state index in [2.05, 4.69) is 20.5 Å². The SMILES string of the molecule is NC(=O)c1ccc(OCC(=O)Nc2ccccc2-c2nc(-c3ccccc3)n[nH]2)cc1. The van der Waals surface area contributed by atoms with Gasteiger partial charge in [0.15, 0.2) is 18.3 Å². The van der Waals surface area contributed by atoms with Gasteiger partial charge < -0.3 is 15.8 Å². The highest BCUT2D eigenvalue weighted by Gasteiger charge is 2.13. The van der Waals surface area contributed by atoms with Gasteiger partial charge in [-0.05, 0) is 36.4 Å². The standard InChI is InChI=1S/C23H19N5O3/c24-21(30)15-10-12-17(13-11-15)31-14-20(29)25-19-9-5-4-8-18(19)23-26-22(27-28-23)16-6-2-1-3-7-16/h1-13H,14H2,(H2,24,30)(H,25,29)(H,26,27,28). The molecule has 1 aromatic heterocycles. The van der Waals surface area contributed by atoms with Gasteiger partial charge in [-0.3, -0.25) is 14.7 Å². The molecule has 0 bridgehead atoms. The number of H-pyrrole nitrogens is 1. The third-order valence-corrected chi connectivity index (χ3v) is 4.48. The number of ether oxygens (including phenoxy) is 1. The summed E-state index contributed by atoms with van der Waals surface area (Å²) < 4.78 is 5.48. The van der Waals surface area contributed by atoms with Crippen LogP contribution in [0.2, 0.25) is 0 Å². The van der Waals surface area contributed by atoms with Gasteiger partial charge in [0.2, 0.25) is 5.91 Å². The number of anilines is 1. The molecule has 4 aromatic rings. The van der Waals surface area contributed by atoms with E-state index in [1.54, 1.807) is 30.3 Å². The lowest BCUT2D eigenvalue weighted by Gasteiger charge is -2.10. The van der Waals surface area contributed by atoms with E-state index in [4.69, 9.17) is 10.5 Å². The first-order chi connectivity index (χ1) is 15.1. The maximum atomic E-state index is 12.4. The van der Waals surface area contributed by atoms with Crippen LogP contribution >= 0.6 is 0 Å². The number of amides is 2. The lowest BCUT2D eigenvalue weighted by molar-refractivity contribution is -0.118. The number of hydrogen-bond donors (Lipinski definition) is 3. The molecular weight excluding hydrogens is 394 g/mol. The largest absolute Gasteiger partial charge is 0.484 e. The molecule has 0 radical (unpaired) electrons. The van der Waals surface area contributed by atoms with Gasteiger partial charge in [0, 0.05) is 16.7 Å². The van der Waals surface area contributed by atoms with Crippen molar-refractivity contribution in [3.05, 3.63) is 84.4 Å². The number of hydrogen-bond acceptors (Lipinski definition) is 5. The number of carbonyl (C=O) groups excluding carboxylic acids is 2. The Morgan fingerprint density at radius 2 is 1.65 bits per heavy atom. The molecule has 2 amide bonds. The highest BCUT2D eigenvalue weighted by atomic mass is 16.5. The second kappa shape index (κ2) is 8.91. The van der Waals surface area contributed by atoms with Crippen LogP contribution in [-0.2, 0) is 4.79 Å². The Hall–Kier alpha value is -4.46. The van der Waals surface area contributed by atoms with Crippen LogP contribution < -0.4 is 15.8 Å². The van der Waals surface area contributed by atoms with E-state index in [-0.39, 0.29) is 12.5 Å². The zero-order valence-corrected chi connectivity index (χ0v) is 16.4. The predicted octanol–water partition coefficient (Wildman–Crippen LogP) is 3.26. The molecule has 0 aliphatic carbocycles. The van der Waals surface area contributed by atoms with Crippen LogP contribution in [0, 0.1) is 0 Å². The molecule has 3 aromatic carbocycles. The molecule has 0 aliphatic rings. The fourth-order valence-electron chi connectivity index (χ4n) is 2.95. The number of nitrogens with one attached hydrogen (secondary N) is 2. The molecule has 0 atom stereocenters. The molecule has 154 valence electrons. The number of primary amides is 1. The Morgan fingerprint density at radius 3 is 2.39 bits per heavy atom. The van der Waals surface area contributed by atoms with Crippen LogP contribution in [0.3, 0.4) is 0 Å². The average molecular weight is 413 g/mol. The van der Waals surface area contributed by atoms with Crippen LogP contribution in [0.4, 0.5) is 5.69 Å². The Kier molecular flexibility index (Phi) is 5.70. The van der Waals surface area contributed by atoms with Gasteiger partial charge in [-0.2, -0.15) is 5.10 Å². The topological polar surface area (TPSA) is 123 Å². The monoisotopic (exact) mass is 413 g/mol. The van der Waals surface area contributed by atoms with Gasteiger partial charge in [0.1, 0.15) is 5.75 Å². The van der Waals surface area contributed by atoms with Gasteiger partial charge in [-0.1, -0.05) is 42.5 Å². The molecule has 1 heterocycles. The van der Waals surface area contributed by atoms with E-state index in [1.165, 1.54) is 0 Å². The van der Waals surface area contributed by atoms with Crippen LogP contribution in [0.25, 0.3) is 22.8 Å². The smallest absolute Gasteiger partial charge is 0.262 e. The zero-order valence-electron chi connectivity index (χ0n) is 16.4. The summed E-state index contributed by atoms with van der Waals surface area (Å²) in [4.78, 5) is 28.1. The molecule has 0 saturated carbocycles. The number of nitrogens with two attached hydrogens (primary N) is 1. The first-order valence-corrected chi connectivity index (χ1v) is 9.50. The summed E-state index contributed by atoms with van der Waals surface area (Å²) in [6.07, 6.45) is 0. The van der Waals surface area contributed by atoms with Gasteiger partial charge in [0.25, 0.3) is 5.91 Å². The molecule has 0 unspecified atom stereocenters. The summed E-state index contributed by atoms with van der Waals surface area (Å²) in [7, 11) is 0. The summed E-state index contributed by atoms with van der Waals surface area (Å²) in [5, 5.41) is 10.0. The number of carbonyl (C=O) groups is 2. The molecule has 0 saturated heterocycles. The average Bonchev–Trinajstić information content (AvgIpc) is 3.29. The lowest BCUT2D eigenvalue weighted by Crippen LogP contribution is -2.20. The third kappa shape index (κ3) is 4.76. The van der Waals surface area contributed by atoms with Crippen molar-refractivity contribution in [2.45, 2.75) is 0 Å². The summed E-state index contributed by atoms with van der Waals surface area (Å²) in [5.74, 6) is 0.700. The molecular formula is C23H19N5O3. The van der Waals surface area contributed by atoms with Gasteiger partial charge in [-0.25, -0.2) is 4.98 Å². The summed E-state index contributed by atoms with van der Waals surface area (Å²) in [6.45, 7) is -0.198. The van der Waals surface area contributed by atoms with Gasteiger partial charge in [-0.15, -0.1) is 0 Å². The van der Waals surface area contributed by atoms with Crippen LogP contribution in [-0.4, -0.2) is 33.6 Å². The van der Waals surface area contributed by atoms with Crippen molar-refractivity contribution >= 4 is 17.5 Å². The quantitative estimate of drug-likeness (QED) is 0.429. The fourth-order valence-corrected chi connectivity index (χ4v) is 2.95. The number of aromatic amines is 1. The van der Waals surface area contributed by atoms with Crippen molar-refractivity contribution in [3.8, 4) is 28.5 Å². The number of benzene rings is 3. The fraction of sp³-hybridized carbons (Fsp3) is 0.0435. The molecule has 4 rings (SSSR count). The van der Waals surface area contributed by atoms with E-state index in [1.807, 2.05) is 48.5 Å². The van der Waals surface area contributed by atoms with Crippen molar-refractivity contribution in [3.63, 3.8) is 0 Å². The van der Waals surface area contributed by atoms with E-state index in [9.17, 15) is 9.59 Å². The van der Waals surface area contributed by atoms with Crippen molar-refractivity contribution < 1.29 is 14.3 Å². The molecule has 31 heavy (non-hydrogen) atoms. The number of para-hydroxylation sites is 1. The molecule has 0 aliphatic heterocycles. The summed E-state index contributed by atoms with van der Waals surface area (Å²) in [6, 6.07) is 23.2. The van der Waals surface area contributed by atoms with Crippen LogP contribution in [0.5, 0.6) is 5.75 Å². The molecule has 0 fully saturated rings. The maximum absolute atomic E-state index is 12.4. The number of nitrogens with zero attached hydrogens (tertiary/aromatic N) is 2. The first-order valence-electron chi connectivity index (χ1n) is 9.50. The molecule has 4 N–H and O–H groups in total. The normalized spacial score (nSPS) is 10.5. The molecule has 0 spiro atoms. The van der Waals surface area contributed by atoms with Crippen molar-refractivity contribution in [1.29, 1.82) is 0 Å². The van der Waals surface area contributed by atoms with Crippen LogP contribution in [0.15, 0.2) is 78.9 Å². The number of rotatable bonds is 7. The van der Waals surface area contributed by atoms with Crippen molar-refractivity contribution in [1.82, 2.24) is 15.2 Å². The number of aromatic nitrogens is 3. The van der Waals surface area contributed by atoms with E-state index >= 15 is 0 Å². The van der Waals surface area contributed by atoms with Crippen LogP contribution in [0.1, 0.15) is 10.4 Å². The van der Waals surface area contributed by atoms with E-state index in [0.717, 1.165) is 5.56 Å². The molecule has 8 heteroatoms. The minimum atomic E-state index is -0.524. The predicted molar refractivity (Wildman–Crippen MR) is 116 cm³/mol. The Morgan fingerprint density at radius 1 is 0.935 bits per heavy atom. The zero-order chi connectivity index (χ0) is 21.6. The van der Waals surface area contributed by atoms with E-state index < -0.39 is 5.91 Å². The summed E-state index contributed by atoms with van der Waals surface area (Å²) in [5.41, 5.74) is 7.76.